The van der Waals surface area contributed by atoms with Crippen LogP contribution in [0.25, 0.3) is 0 Å². The predicted molar refractivity (Wildman–Crippen MR) is 81.7 cm³/mol. The zero-order chi connectivity index (χ0) is 13.9. The van der Waals surface area contributed by atoms with Gasteiger partial charge in [-0.25, -0.2) is 0 Å². The summed E-state index contributed by atoms with van der Waals surface area (Å²) in [6.07, 6.45) is 10.8. The molecule has 1 rings (SSSR count). The maximum absolute atomic E-state index is 5.25. The van der Waals surface area contributed by atoms with E-state index in [0.29, 0.717) is 5.92 Å². The summed E-state index contributed by atoms with van der Waals surface area (Å²) in [7, 11) is 0. The zero-order valence-electron chi connectivity index (χ0n) is 12.9. The third kappa shape index (κ3) is 7.24. The molecule has 0 unspecified atom stereocenters. The molecule has 0 saturated carbocycles. The van der Waals surface area contributed by atoms with Crippen LogP contribution >= 0.6 is 0 Å². The monoisotopic (exact) mass is 266 g/mol. The van der Waals surface area contributed by atoms with E-state index in [2.05, 4.69) is 31.2 Å². The molecular weight excluding hydrogens is 236 g/mol. The van der Waals surface area contributed by atoms with Crippen LogP contribution in [0.2, 0.25) is 0 Å². The topological polar surface area (TPSA) is 38.1 Å². The first kappa shape index (κ1) is 16.1. The molecule has 19 heavy (non-hydrogen) atoms. The molecule has 0 fully saturated rings. The number of anilines is 1. The molecule has 0 bridgehead atoms. The van der Waals surface area contributed by atoms with Gasteiger partial charge in [0.25, 0.3) is 0 Å². The van der Waals surface area contributed by atoms with Crippen LogP contribution in [0.5, 0.6) is 0 Å². The van der Waals surface area contributed by atoms with Gasteiger partial charge < -0.3 is 9.84 Å². The van der Waals surface area contributed by atoms with E-state index in [9.17, 15) is 0 Å². The van der Waals surface area contributed by atoms with Gasteiger partial charge in [0.15, 0.2) is 5.82 Å². The molecule has 3 heteroatoms. The van der Waals surface area contributed by atoms with E-state index in [1.807, 2.05) is 6.07 Å². The maximum Gasteiger partial charge on any atom is 0.169 e. The zero-order valence-corrected chi connectivity index (χ0v) is 12.9. The Hall–Kier alpha value is -0.990. The van der Waals surface area contributed by atoms with Crippen LogP contribution in [-0.2, 0) is 0 Å². The smallest absolute Gasteiger partial charge is 0.169 e. The molecule has 0 spiro atoms. The lowest BCUT2D eigenvalue weighted by molar-refractivity contribution is 0.373. The molecule has 0 aliphatic heterocycles. The summed E-state index contributed by atoms with van der Waals surface area (Å²) >= 11 is 0. The molecule has 0 amide bonds. The van der Waals surface area contributed by atoms with Gasteiger partial charge in [0.1, 0.15) is 5.76 Å². The van der Waals surface area contributed by atoms with E-state index < -0.39 is 0 Å². The number of rotatable bonds is 11. The van der Waals surface area contributed by atoms with Crippen LogP contribution in [0.15, 0.2) is 10.6 Å². The van der Waals surface area contributed by atoms with Crippen molar-refractivity contribution in [2.75, 3.05) is 11.9 Å². The molecule has 1 aromatic rings. The predicted octanol–water partition coefficient (Wildman–Crippen LogP) is 5.35. The molecule has 0 saturated heterocycles. The molecule has 3 nitrogen and oxygen atoms in total. The van der Waals surface area contributed by atoms with Crippen molar-refractivity contribution < 1.29 is 4.52 Å². The second-order valence-corrected chi connectivity index (χ2v) is 5.67. The van der Waals surface area contributed by atoms with E-state index in [4.69, 9.17) is 4.52 Å². The standard InChI is InChI=1S/C16H30N2O/c1-4-5-6-7-8-9-10-11-12-17-16-13-15(14(2)3)19-18-16/h13-14H,4-12H2,1-3H3,(H,17,18). The minimum absolute atomic E-state index is 0.408. The highest BCUT2D eigenvalue weighted by molar-refractivity contribution is 5.34. The summed E-state index contributed by atoms with van der Waals surface area (Å²) in [6, 6.07) is 2.01. The van der Waals surface area contributed by atoms with E-state index in [-0.39, 0.29) is 0 Å². The fraction of sp³-hybridized carbons (Fsp3) is 0.812. The highest BCUT2D eigenvalue weighted by Gasteiger charge is 2.06. The highest BCUT2D eigenvalue weighted by Crippen LogP contribution is 2.17. The van der Waals surface area contributed by atoms with Crippen LogP contribution in [0.4, 0.5) is 5.82 Å². The second-order valence-electron chi connectivity index (χ2n) is 5.67. The van der Waals surface area contributed by atoms with E-state index in [0.717, 1.165) is 18.1 Å². The van der Waals surface area contributed by atoms with Crippen molar-refractivity contribution in [1.29, 1.82) is 0 Å². The largest absolute Gasteiger partial charge is 0.367 e. The van der Waals surface area contributed by atoms with Crippen LogP contribution in [0, 0.1) is 0 Å². The van der Waals surface area contributed by atoms with Gasteiger partial charge in [-0.3, -0.25) is 0 Å². The van der Waals surface area contributed by atoms with Gasteiger partial charge in [0.05, 0.1) is 0 Å². The van der Waals surface area contributed by atoms with E-state index in [1.54, 1.807) is 0 Å². The number of hydrogen-bond donors (Lipinski definition) is 1. The Balaban J connectivity index is 1.95. The number of unbranched alkanes of at least 4 members (excludes halogenated alkanes) is 7. The molecule has 0 aromatic carbocycles. The Bertz CT molecular complexity index is 320. The number of aromatic nitrogens is 1. The van der Waals surface area contributed by atoms with Gasteiger partial charge in [0, 0.05) is 18.5 Å². The fourth-order valence-corrected chi connectivity index (χ4v) is 2.12. The minimum atomic E-state index is 0.408. The first-order valence-electron chi connectivity index (χ1n) is 7.94. The van der Waals surface area contributed by atoms with Gasteiger partial charge in [-0.2, -0.15) is 0 Å². The van der Waals surface area contributed by atoms with Gasteiger partial charge in [0.2, 0.25) is 0 Å². The average Bonchev–Trinajstić information content (AvgIpc) is 2.86. The quantitative estimate of drug-likeness (QED) is 0.549. The molecule has 1 heterocycles. The molecule has 1 N–H and O–H groups in total. The van der Waals surface area contributed by atoms with Crippen LogP contribution in [0.3, 0.4) is 0 Å². The Labute approximate surface area is 118 Å². The first-order chi connectivity index (χ1) is 9.24. The lowest BCUT2D eigenvalue weighted by atomic mass is 10.1. The van der Waals surface area contributed by atoms with Crippen molar-refractivity contribution in [2.24, 2.45) is 0 Å². The number of hydrogen-bond acceptors (Lipinski definition) is 3. The van der Waals surface area contributed by atoms with Crippen molar-refractivity contribution in [3.05, 3.63) is 11.8 Å². The van der Waals surface area contributed by atoms with Crippen LogP contribution in [-0.4, -0.2) is 11.7 Å². The molecular formula is C16H30N2O. The van der Waals surface area contributed by atoms with Crippen molar-refractivity contribution in [2.45, 2.75) is 78.1 Å². The van der Waals surface area contributed by atoms with Gasteiger partial charge in [-0.1, -0.05) is 70.9 Å². The van der Waals surface area contributed by atoms with E-state index in [1.165, 1.54) is 51.4 Å². The van der Waals surface area contributed by atoms with E-state index >= 15 is 0 Å². The van der Waals surface area contributed by atoms with Crippen molar-refractivity contribution in [1.82, 2.24) is 5.16 Å². The second kappa shape index (κ2) is 9.88. The lowest BCUT2D eigenvalue weighted by Crippen LogP contribution is -2.01. The van der Waals surface area contributed by atoms with Crippen molar-refractivity contribution >= 4 is 5.82 Å². The fourth-order valence-electron chi connectivity index (χ4n) is 2.12. The van der Waals surface area contributed by atoms with Gasteiger partial charge in [-0.05, 0) is 6.42 Å². The third-order valence-corrected chi connectivity index (χ3v) is 3.43. The summed E-state index contributed by atoms with van der Waals surface area (Å²) in [6.45, 7) is 7.49. The van der Waals surface area contributed by atoms with Crippen LogP contribution in [0.1, 0.15) is 83.8 Å². The number of nitrogens with one attached hydrogen (secondary N) is 1. The summed E-state index contributed by atoms with van der Waals surface area (Å²) in [5.41, 5.74) is 0. The van der Waals surface area contributed by atoms with Crippen molar-refractivity contribution in [3.63, 3.8) is 0 Å². The maximum atomic E-state index is 5.25. The normalized spacial score (nSPS) is 11.2. The highest BCUT2D eigenvalue weighted by atomic mass is 16.5. The SMILES string of the molecule is CCCCCCCCCCNc1cc(C(C)C)on1. The van der Waals surface area contributed by atoms with Crippen molar-refractivity contribution in [3.8, 4) is 0 Å². The van der Waals surface area contributed by atoms with Gasteiger partial charge in [-0.15, -0.1) is 0 Å². The molecule has 0 aliphatic rings. The third-order valence-electron chi connectivity index (χ3n) is 3.43. The first-order valence-corrected chi connectivity index (χ1v) is 7.94. The molecule has 0 aliphatic carbocycles. The van der Waals surface area contributed by atoms with Crippen LogP contribution < -0.4 is 5.32 Å². The lowest BCUT2D eigenvalue weighted by Gasteiger charge is -2.02. The molecule has 110 valence electrons. The Morgan fingerprint density at radius 2 is 1.68 bits per heavy atom. The summed E-state index contributed by atoms with van der Waals surface area (Å²) in [4.78, 5) is 0. The number of nitrogens with zero attached hydrogens (tertiary/aromatic N) is 1. The average molecular weight is 266 g/mol. The minimum Gasteiger partial charge on any atom is -0.367 e. The molecule has 0 radical (unpaired) electrons. The Morgan fingerprint density at radius 3 is 2.26 bits per heavy atom. The Kier molecular flexibility index (Phi) is 8.35. The Morgan fingerprint density at radius 1 is 1.05 bits per heavy atom. The summed E-state index contributed by atoms with van der Waals surface area (Å²) in [5, 5.41) is 7.35. The summed E-state index contributed by atoms with van der Waals surface area (Å²) in [5.74, 6) is 2.25. The summed E-state index contributed by atoms with van der Waals surface area (Å²) < 4.78 is 5.25. The van der Waals surface area contributed by atoms with Gasteiger partial charge >= 0.3 is 0 Å². The molecule has 1 aromatic heterocycles. The molecule has 0 atom stereocenters.